The van der Waals surface area contributed by atoms with Gasteiger partial charge in [-0.3, -0.25) is 4.79 Å². The Labute approximate surface area is 151 Å². The van der Waals surface area contributed by atoms with E-state index in [4.69, 9.17) is 32.7 Å². The molecule has 0 atom stereocenters. The molecular weight excluding hydrogens is 349 g/mol. The molecule has 0 bridgehead atoms. The number of halogens is 2. The number of carbonyl (C=O) groups is 1. The minimum Gasteiger partial charge on any atom is -0.493 e. The molecule has 4 nitrogen and oxygen atoms in total. The number of ether oxygens (including phenoxy) is 2. The van der Waals surface area contributed by atoms with Crippen LogP contribution in [0.5, 0.6) is 11.5 Å². The summed E-state index contributed by atoms with van der Waals surface area (Å²) in [7, 11) is 1.54. The number of unbranched alkanes of at least 4 members (excludes halogenated alkanes) is 1. The first kappa shape index (κ1) is 18.4. The predicted octanol–water partition coefficient (Wildman–Crippen LogP) is 5.43. The number of hydrogen-bond donors (Lipinski definition) is 1. The van der Waals surface area contributed by atoms with Crippen molar-refractivity contribution in [2.75, 3.05) is 19.0 Å². The number of nitrogens with one attached hydrogen (secondary N) is 1. The summed E-state index contributed by atoms with van der Waals surface area (Å²) in [6.07, 6.45) is 2.00. The molecule has 1 amide bonds. The van der Waals surface area contributed by atoms with Crippen LogP contribution in [0.15, 0.2) is 36.4 Å². The van der Waals surface area contributed by atoms with Gasteiger partial charge in [-0.1, -0.05) is 36.5 Å². The average Bonchev–Trinajstić information content (AvgIpc) is 2.58. The van der Waals surface area contributed by atoms with Gasteiger partial charge in [0.15, 0.2) is 11.5 Å². The van der Waals surface area contributed by atoms with Gasteiger partial charge in [-0.25, -0.2) is 0 Å². The number of methoxy groups -OCH3 is 1. The quantitative estimate of drug-likeness (QED) is 0.663. The SMILES string of the molecule is CCCCOc1ccc(C(=O)Nc2cc(Cl)ccc2Cl)cc1OC. The van der Waals surface area contributed by atoms with E-state index in [-0.39, 0.29) is 5.91 Å². The molecule has 2 aromatic rings. The molecule has 2 aromatic carbocycles. The van der Waals surface area contributed by atoms with Crippen LogP contribution in [0.4, 0.5) is 5.69 Å². The lowest BCUT2D eigenvalue weighted by molar-refractivity contribution is 0.102. The van der Waals surface area contributed by atoms with Gasteiger partial charge >= 0.3 is 0 Å². The zero-order valence-electron chi connectivity index (χ0n) is 13.6. The van der Waals surface area contributed by atoms with E-state index < -0.39 is 0 Å². The van der Waals surface area contributed by atoms with E-state index in [2.05, 4.69) is 12.2 Å². The molecule has 6 heteroatoms. The summed E-state index contributed by atoms with van der Waals surface area (Å²) in [5, 5.41) is 3.65. The highest BCUT2D eigenvalue weighted by Gasteiger charge is 2.13. The summed E-state index contributed by atoms with van der Waals surface area (Å²) in [4.78, 5) is 12.4. The molecule has 0 saturated carbocycles. The van der Waals surface area contributed by atoms with Crippen molar-refractivity contribution in [3.63, 3.8) is 0 Å². The van der Waals surface area contributed by atoms with E-state index in [1.54, 1.807) is 36.4 Å². The molecule has 1 N–H and O–H groups in total. The van der Waals surface area contributed by atoms with Gasteiger partial charge in [-0.05, 0) is 42.8 Å². The van der Waals surface area contributed by atoms with Gasteiger partial charge in [0, 0.05) is 10.6 Å². The Morgan fingerprint density at radius 2 is 1.92 bits per heavy atom. The monoisotopic (exact) mass is 367 g/mol. The number of hydrogen-bond acceptors (Lipinski definition) is 3. The van der Waals surface area contributed by atoms with Crippen molar-refractivity contribution in [1.29, 1.82) is 0 Å². The van der Waals surface area contributed by atoms with Crippen molar-refractivity contribution in [2.45, 2.75) is 19.8 Å². The van der Waals surface area contributed by atoms with E-state index >= 15 is 0 Å². The Hall–Kier alpha value is -1.91. The van der Waals surface area contributed by atoms with Crippen LogP contribution < -0.4 is 14.8 Å². The van der Waals surface area contributed by atoms with E-state index in [0.29, 0.717) is 39.4 Å². The van der Waals surface area contributed by atoms with Crippen molar-refractivity contribution in [1.82, 2.24) is 0 Å². The predicted molar refractivity (Wildman–Crippen MR) is 97.8 cm³/mol. The van der Waals surface area contributed by atoms with Gasteiger partial charge in [0.05, 0.1) is 24.4 Å². The van der Waals surface area contributed by atoms with Gasteiger partial charge in [-0.15, -0.1) is 0 Å². The molecule has 0 aliphatic rings. The van der Waals surface area contributed by atoms with Crippen LogP contribution in [-0.2, 0) is 0 Å². The zero-order valence-corrected chi connectivity index (χ0v) is 15.1. The van der Waals surface area contributed by atoms with Crippen molar-refractivity contribution in [3.8, 4) is 11.5 Å². The number of rotatable bonds is 7. The molecule has 0 heterocycles. The number of carbonyl (C=O) groups excluding carboxylic acids is 1. The summed E-state index contributed by atoms with van der Waals surface area (Å²) in [6.45, 7) is 2.70. The Morgan fingerprint density at radius 3 is 2.62 bits per heavy atom. The first-order valence-electron chi connectivity index (χ1n) is 7.62. The maximum atomic E-state index is 12.4. The van der Waals surface area contributed by atoms with Crippen LogP contribution in [0.25, 0.3) is 0 Å². The first-order chi connectivity index (χ1) is 11.5. The second-order valence-electron chi connectivity index (χ2n) is 5.15. The standard InChI is InChI=1S/C18H19Cl2NO3/c1-3-4-9-24-16-8-5-12(10-17(16)23-2)18(22)21-15-11-13(19)6-7-14(15)20/h5-8,10-11H,3-4,9H2,1-2H3,(H,21,22). The Morgan fingerprint density at radius 1 is 1.12 bits per heavy atom. The molecule has 2 rings (SSSR count). The molecule has 0 spiro atoms. The largest absolute Gasteiger partial charge is 0.493 e. The highest BCUT2D eigenvalue weighted by Crippen LogP contribution is 2.30. The highest BCUT2D eigenvalue weighted by molar-refractivity contribution is 6.35. The van der Waals surface area contributed by atoms with Gasteiger partial charge in [0.1, 0.15) is 0 Å². The number of amides is 1. The van der Waals surface area contributed by atoms with Crippen molar-refractivity contribution < 1.29 is 14.3 Å². The molecular formula is C18H19Cl2NO3. The van der Waals surface area contributed by atoms with E-state index in [1.165, 1.54) is 7.11 Å². The summed E-state index contributed by atoms with van der Waals surface area (Å²) < 4.78 is 11.0. The maximum Gasteiger partial charge on any atom is 0.255 e. The average molecular weight is 368 g/mol. The number of benzene rings is 2. The van der Waals surface area contributed by atoms with Crippen LogP contribution in [0.2, 0.25) is 10.0 Å². The maximum absolute atomic E-state index is 12.4. The topological polar surface area (TPSA) is 47.6 Å². The summed E-state index contributed by atoms with van der Waals surface area (Å²) in [5.74, 6) is 0.816. The third-order valence-corrected chi connectivity index (χ3v) is 3.92. The summed E-state index contributed by atoms with van der Waals surface area (Å²) in [6, 6.07) is 9.92. The summed E-state index contributed by atoms with van der Waals surface area (Å²) >= 11 is 12.0. The molecule has 0 radical (unpaired) electrons. The summed E-state index contributed by atoms with van der Waals surface area (Å²) in [5.41, 5.74) is 0.891. The molecule has 0 aromatic heterocycles. The molecule has 0 aliphatic heterocycles. The lowest BCUT2D eigenvalue weighted by Gasteiger charge is -2.12. The molecule has 0 unspecified atom stereocenters. The lowest BCUT2D eigenvalue weighted by atomic mass is 10.1. The van der Waals surface area contributed by atoms with Gasteiger partial charge < -0.3 is 14.8 Å². The van der Waals surface area contributed by atoms with Gasteiger partial charge in [0.2, 0.25) is 0 Å². The van der Waals surface area contributed by atoms with Crippen LogP contribution >= 0.6 is 23.2 Å². The molecule has 0 saturated heterocycles. The molecule has 0 aliphatic carbocycles. The fourth-order valence-electron chi connectivity index (χ4n) is 2.04. The normalized spacial score (nSPS) is 10.3. The van der Waals surface area contributed by atoms with E-state index in [0.717, 1.165) is 12.8 Å². The minimum absolute atomic E-state index is 0.308. The molecule has 0 fully saturated rings. The third-order valence-electron chi connectivity index (χ3n) is 3.36. The van der Waals surface area contributed by atoms with Crippen LogP contribution in [0.1, 0.15) is 30.1 Å². The van der Waals surface area contributed by atoms with Gasteiger partial charge in [-0.2, -0.15) is 0 Å². The highest BCUT2D eigenvalue weighted by atomic mass is 35.5. The van der Waals surface area contributed by atoms with Crippen LogP contribution in [-0.4, -0.2) is 19.6 Å². The number of anilines is 1. The lowest BCUT2D eigenvalue weighted by Crippen LogP contribution is -2.12. The smallest absolute Gasteiger partial charge is 0.255 e. The molecule has 128 valence electrons. The second kappa shape index (κ2) is 8.81. The molecule has 24 heavy (non-hydrogen) atoms. The van der Waals surface area contributed by atoms with Crippen molar-refractivity contribution in [3.05, 3.63) is 52.0 Å². The third kappa shape index (κ3) is 4.79. The second-order valence-corrected chi connectivity index (χ2v) is 5.99. The first-order valence-corrected chi connectivity index (χ1v) is 8.38. The Balaban J connectivity index is 2.16. The van der Waals surface area contributed by atoms with Crippen LogP contribution in [0.3, 0.4) is 0 Å². The van der Waals surface area contributed by atoms with Crippen LogP contribution in [0, 0.1) is 0 Å². The van der Waals surface area contributed by atoms with Crippen molar-refractivity contribution >= 4 is 34.8 Å². The van der Waals surface area contributed by atoms with E-state index in [1.807, 2.05) is 0 Å². The van der Waals surface area contributed by atoms with Gasteiger partial charge in [0.25, 0.3) is 5.91 Å². The minimum atomic E-state index is -0.308. The zero-order chi connectivity index (χ0) is 17.5. The Kier molecular flexibility index (Phi) is 6.76. The van der Waals surface area contributed by atoms with E-state index in [9.17, 15) is 4.79 Å². The Bertz CT molecular complexity index is 719. The fraction of sp³-hybridized carbons (Fsp3) is 0.278. The fourth-order valence-corrected chi connectivity index (χ4v) is 2.38. The van der Waals surface area contributed by atoms with Crippen molar-refractivity contribution in [2.24, 2.45) is 0 Å².